The monoisotopic (exact) mass is 503 g/mol. The molecule has 0 saturated carbocycles. The maximum absolute atomic E-state index is 13.7. The van der Waals surface area contributed by atoms with Crippen molar-refractivity contribution < 1.29 is 13.6 Å². The number of aromatic nitrogens is 3. The Labute approximate surface area is 211 Å². The van der Waals surface area contributed by atoms with Crippen molar-refractivity contribution in [3.63, 3.8) is 0 Å². The number of imidazole rings is 1. The third-order valence-corrected chi connectivity index (χ3v) is 7.37. The average molecular weight is 504 g/mol. The number of aryl methyl sites for hydroxylation is 1. The predicted molar refractivity (Wildman–Crippen MR) is 133 cm³/mol. The number of carbonyl (C=O) groups is 1. The van der Waals surface area contributed by atoms with Crippen molar-refractivity contribution in [3.8, 4) is 27.8 Å². The highest BCUT2D eigenvalue weighted by atomic mass is 32.1. The summed E-state index contributed by atoms with van der Waals surface area (Å²) in [6.07, 6.45) is 3.12. The highest BCUT2D eigenvalue weighted by Crippen LogP contribution is 2.33. The lowest BCUT2D eigenvalue weighted by Crippen LogP contribution is -2.45. The summed E-state index contributed by atoms with van der Waals surface area (Å²) in [5.41, 5.74) is 2.58. The summed E-state index contributed by atoms with van der Waals surface area (Å²) in [7, 11) is 0. The van der Waals surface area contributed by atoms with E-state index in [9.17, 15) is 18.8 Å². The molecule has 6 nitrogen and oxygen atoms in total. The number of hydrogen-bond acceptors (Lipinski definition) is 5. The van der Waals surface area contributed by atoms with Gasteiger partial charge in [0.1, 0.15) is 29.2 Å². The Balaban J connectivity index is 1.42. The fourth-order valence-electron chi connectivity index (χ4n) is 4.63. The number of hydrogen-bond donors (Lipinski definition) is 1. The molecule has 36 heavy (non-hydrogen) atoms. The molecule has 0 radical (unpaired) electrons. The number of nitriles is 1. The molecule has 182 valence electrons. The number of aromatic amines is 1. The smallest absolute Gasteiger partial charge is 0.274 e. The van der Waals surface area contributed by atoms with Crippen molar-refractivity contribution in [1.29, 1.82) is 5.26 Å². The zero-order chi connectivity index (χ0) is 25.2. The quantitative estimate of drug-likeness (QED) is 0.368. The van der Waals surface area contributed by atoms with Crippen molar-refractivity contribution in [3.05, 3.63) is 82.4 Å². The zero-order valence-electron chi connectivity index (χ0n) is 19.6. The Hall–Kier alpha value is -3.90. The summed E-state index contributed by atoms with van der Waals surface area (Å²) < 4.78 is 26.8. The lowest BCUT2D eigenvalue weighted by Gasteiger charge is -2.35. The molecule has 0 bridgehead atoms. The number of rotatable bonds is 5. The molecule has 9 heteroatoms. The van der Waals surface area contributed by atoms with Crippen LogP contribution < -0.4 is 0 Å². The van der Waals surface area contributed by atoms with E-state index >= 15 is 0 Å². The Bertz CT molecular complexity index is 1440. The third kappa shape index (κ3) is 4.77. The van der Waals surface area contributed by atoms with Crippen LogP contribution in [0.2, 0.25) is 0 Å². The van der Waals surface area contributed by atoms with E-state index in [1.165, 1.54) is 35.6 Å². The molecular weight excluding hydrogens is 480 g/mol. The average Bonchev–Trinajstić information content (AvgIpc) is 3.48. The number of benzene rings is 2. The molecular formula is C27H23F2N5OS. The number of amides is 1. The number of carbonyl (C=O) groups excluding carboxylic acids is 1. The van der Waals surface area contributed by atoms with Crippen LogP contribution in [0.1, 0.15) is 46.3 Å². The Kier molecular flexibility index (Phi) is 6.61. The van der Waals surface area contributed by atoms with E-state index in [4.69, 9.17) is 0 Å². The Morgan fingerprint density at radius 2 is 1.75 bits per heavy atom. The van der Waals surface area contributed by atoms with Crippen molar-refractivity contribution in [2.24, 2.45) is 0 Å². The van der Waals surface area contributed by atoms with Crippen molar-refractivity contribution in [2.75, 3.05) is 6.54 Å². The van der Waals surface area contributed by atoms with Crippen LogP contribution in [0.25, 0.3) is 21.7 Å². The summed E-state index contributed by atoms with van der Waals surface area (Å²) >= 11 is 1.42. The maximum Gasteiger partial charge on any atom is 0.274 e. The summed E-state index contributed by atoms with van der Waals surface area (Å²) in [5, 5.41) is 10.4. The molecule has 0 spiro atoms. The first kappa shape index (κ1) is 23.8. The van der Waals surface area contributed by atoms with Gasteiger partial charge in [0.05, 0.1) is 15.6 Å². The van der Waals surface area contributed by atoms with E-state index in [-0.39, 0.29) is 29.3 Å². The first-order valence-electron chi connectivity index (χ1n) is 11.7. The second-order valence-electron chi connectivity index (χ2n) is 8.80. The topological polar surface area (TPSA) is 85.7 Å². The number of nitrogens with one attached hydrogen (secondary N) is 1. The number of nitrogens with zero attached hydrogens (tertiary/aromatic N) is 4. The fourth-order valence-corrected chi connectivity index (χ4v) is 5.55. The van der Waals surface area contributed by atoms with Crippen LogP contribution >= 0.6 is 11.3 Å². The predicted octanol–water partition coefficient (Wildman–Crippen LogP) is 5.90. The van der Waals surface area contributed by atoms with Gasteiger partial charge in [-0.1, -0.05) is 12.1 Å². The summed E-state index contributed by atoms with van der Waals surface area (Å²) in [6, 6.07) is 14.0. The molecule has 2 aromatic carbocycles. The molecule has 1 amide bonds. The number of H-pyrrole nitrogens is 1. The molecule has 3 heterocycles. The molecule has 1 atom stereocenters. The normalized spacial score (nSPS) is 15.6. The van der Waals surface area contributed by atoms with Gasteiger partial charge in [0, 0.05) is 24.6 Å². The number of likely N-dealkylation sites (tertiary alicyclic amines) is 1. The molecule has 1 saturated heterocycles. The van der Waals surface area contributed by atoms with Gasteiger partial charge in [-0.25, -0.2) is 18.7 Å². The SMILES string of the molecule is Cc1nc(C(=O)N2CCCCC2Cc2nc(C#N)c(-c3ccc(F)cc3)[nH]2)c(-c2ccc(F)cc2)s1. The molecule has 1 unspecified atom stereocenters. The first-order chi connectivity index (χ1) is 17.4. The van der Waals surface area contributed by atoms with E-state index in [0.717, 1.165) is 34.7 Å². The van der Waals surface area contributed by atoms with Crippen LogP contribution in [-0.2, 0) is 6.42 Å². The summed E-state index contributed by atoms with van der Waals surface area (Å²) in [4.78, 5) is 28.5. The second-order valence-corrected chi connectivity index (χ2v) is 10.00. The minimum absolute atomic E-state index is 0.118. The van der Waals surface area contributed by atoms with Crippen molar-refractivity contribution in [1.82, 2.24) is 19.9 Å². The molecule has 2 aromatic heterocycles. The molecule has 0 aliphatic carbocycles. The number of thiazole rings is 1. The molecule has 5 rings (SSSR count). The minimum Gasteiger partial charge on any atom is -0.341 e. The van der Waals surface area contributed by atoms with Crippen LogP contribution in [0, 0.1) is 29.9 Å². The molecule has 1 aliphatic heterocycles. The van der Waals surface area contributed by atoms with Crippen LogP contribution in [0.3, 0.4) is 0 Å². The van der Waals surface area contributed by atoms with Gasteiger partial charge in [-0.15, -0.1) is 11.3 Å². The van der Waals surface area contributed by atoms with Gasteiger partial charge in [0.15, 0.2) is 5.69 Å². The Morgan fingerprint density at radius 3 is 2.42 bits per heavy atom. The van der Waals surface area contributed by atoms with Crippen LogP contribution in [0.15, 0.2) is 48.5 Å². The Morgan fingerprint density at radius 1 is 1.08 bits per heavy atom. The third-order valence-electron chi connectivity index (χ3n) is 6.35. The first-order valence-corrected chi connectivity index (χ1v) is 12.5. The van der Waals surface area contributed by atoms with Crippen LogP contribution in [0.4, 0.5) is 8.78 Å². The van der Waals surface area contributed by atoms with E-state index in [1.54, 1.807) is 24.3 Å². The standard InChI is InChI=1S/C27H23F2N5OS/c1-16-31-25(26(36-16)18-7-11-20(29)12-8-18)27(35)34-13-3-2-4-21(34)14-23-32-22(15-30)24(33-23)17-5-9-19(28)10-6-17/h5-12,21H,2-4,13-14H2,1H3,(H,32,33). The van der Waals surface area contributed by atoms with E-state index in [1.807, 2.05) is 11.8 Å². The lowest BCUT2D eigenvalue weighted by molar-refractivity contribution is 0.0606. The van der Waals surface area contributed by atoms with Crippen LogP contribution in [-0.4, -0.2) is 38.3 Å². The van der Waals surface area contributed by atoms with Gasteiger partial charge in [-0.2, -0.15) is 5.26 Å². The van der Waals surface area contributed by atoms with Gasteiger partial charge in [-0.05, 0) is 68.1 Å². The minimum atomic E-state index is -0.356. The molecule has 1 aliphatic rings. The zero-order valence-corrected chi connectivity index (χ0v) is 20.4. The molecule has 1 fully saturated rings. The number of piperidine rings is 1. The largest absolute Gasteiger partial charge is 0.341 e. The molecule has 1 N–H and O–H groups in total. The van der Waals surface area contributed by atoms with E-state index in [0.29, 0.717) is 35.7 Å². The highest BCUT2D eigenvalue weighted by molar-refractivity contribution is 7.15. The maximum atomic E-state index is 13.7. The second kappa shape index (κ2) is 9.99. The van der Waals surface area contributed by atoms with Gasteiger partial charge in [0.25, 0.3) is 5.91 Å². The van der Waals surface area contributed by atoms with Gasteiger partial charge >= 0.3 is 0 Å². The van der Waals surface area contributed by atoms with Crippen molar-refractivity contribution >= 4 is 17.2 Å². The van der Waals surface area contributed by atoms with E-state index in [2.05, 4.69) is 21.0 Å². The van der Waals surface area contributed by atoms with Gasteiger partial charge in [-0.3, -0.25) is 4.79 Å². The van der Waals surface area contributed by atoms with Gasteiger partial charge in [0.2, 0.25) is 0 Å². The summed E-state index contributed by atoms with van der Waals surface area (Å²) in [6.45, 7) is 2.45. The highest BCUT2D eigenvalue weighted by Gasteiger charge is 2.32. The number of halogens is 2. The fraction of sp³-hybridized carbons (Fsp3) is 0.259. The lowest BCUT2D eigenvalue weighted by atomic mass is 9.98. The molecule has 4 aromatic rings. The van der Waals surface area contributed by atoms with Crippen LogP contribution in [0.5, 0.6) is 0 Å². The van der Waals surface area contributed by atoms with E-state index < -0.39 is 0 Å². The van der Waals surface area contributed by atoms with Crippen molar-refractivity contribution in [2.45, 2.75) is 38.6 Å². The summed E-state index contributed by atoms with van der Waals surface area (Å²) in [5.74, 6) is -0.247. The van der Waals surface area contributed by atoms with Gasteiger partial charge < -0.3 is 9.88 Å².